The summed E-state index contributed by atoms with van der Waals surface area (Å²) in [5, 5.41) is 13.4. The molecule has 1 aromatic heterocycles. The molecule has 0 spiro atoms. The first-order chi connectivity index (χ1) is 14.9. The highest BCUT2D eigenvalue weighted by molar-refractivity contribution is 7.99. The van der Waals surface area contributed by atoms with Crippen LogP contribution in [0.5, 0.6) is 5.75 Å². The van der Waals surface area contributed by atoms with Gasteiger partial charge in [0, 0.05) is 22.3 Å². The Hall–Kier alpha value is -2.19. The number of carbonyl (C=O) groups excluding carboxylic acids is 1. The van der Waals surface area contributed by atoms with Crippen LogP contribution in [-0.2, 0) is 17.9 Å². The van der Waals surface area contributed by atoms with E-state index in [1.807, 2.05) is 11.5 Å². The Morgan fingerprint density at radius 1 is 1.23 bits per heavy atom. The van der Waals surface area contributed by atoms with Crippen LogP contribution in [-0.4, -0.2) is 26.4 Å². The second kappa shape index (κ2) is 10.9. The summed E-state index contributed by atoms with van der Waals surface area (Å²) in [5.41, 5.74) is 1.50. The van der Waals surface area contributed by atoms with Crippen molar-refractivity contribution in [3.8, 4) is 5.75 Å². The van der Waals surface area contributed by atoms with Gasteiger partial charge in [-0.2, -0.15) is 0 Å². The van der Waals surface area contributed by atoms with Gasteiger partial charge < -0.3 is 10.1 Å². The Morgan fingerprint density at radius 2 is 2.03 bits per heavy atom. The molecule has 0 aliphatic rings. The molecule has 0 unspecified atom stereocenters. The first kappa shape index (κ1) is 23.5. The SMILES string of the molecule is C=CCn1c(COc2ccc(Cl)cc2Cl)nnc1SCC(=O)Nc1cccc(Cl)c1C. The number of nitrogens with one attached hydrogen (secondary N) is 1. The Labute approximate surface area is 199 Å². The topological polar surface area (TPSA) is 69.0 Å². The summed E-state index contributed by atoms with van der Waals surface area (Å²) in [6, 6.07) is 10.4. The number of hydrogen-bond donors (Lipinski definition) is 1. The number of halogens is 3. The highest BCUT2D eigenvalue weighted by Crippen LogP contribution is 2.28. The largest absolute Gasteiger partial charge is 0.484 e. The second-order valence-corrected chi connectivity index (χ2v) is 8.60. The van der Waals surface area contributed by atoms with E-state index in [0.29, 0.717) is 44.0 Å². The van der Waals surface area contributed by atoms with Crippen LogP contribution in [0, 0.1) is 6.92 Å². The highest BCUT2D eigenvalue weighted by Gasteiger charge is 2.15. The molecule has 6 nitrogen and oxygen atoms in total. The maximum atomic E-state index is 12.4. The molecule has 3 rings (SSSR count). The number of aromatic nitrogens is 3. The molecule has 10 heteroatoms. The lowest BCUT2D eigenvalue weighted by atomic mass is 10.2. The third-order valence-corrected chi connectivity index (χ3v) is 6.14. The van der Waals surface area contributed by atoms with Crippen LogP contribution in [0.3, 0.4) is 0 Å². The Bertz CT molecular complexity index is 1100. The lowest BCUT2D eigenvalue weighted by Gasteiger charge is -2.11. The molecule has 2 aromatic carbocycles. The second-order valence-electron chi connectivity index (χ2n) is 6.41. The molecule has 1 N–H and O–H groups in total. The van der Waals surface area contributed by atoms with Crippen molar-refractivity contribution in [2.24, 2.45) is 0 Å². The van der Waals surface area contributed by atoms with Crippen molar-refractivity contribution in [1.82, 2.24) is 14.8 Å². The molecule has 0 atom stereocenters. The number of nitrogens with zero attached hydrogens (tertiary/aromatic N) is 3. The Kier molecular flexibility index (Phi) is 8.26. The van der Waals surface area contributed by atoms with Crippen LogP contribution in [0.2, 0.25) is 15.1 Å². The summed E-state index contributed by atoms with van der Waals surface area (Å²) in [6.45, 7) is 6.25. The third-order valence-electron chi connectivity index (χ3n) is 4.23. The van der Waals surface area contributed by atoms with E-state index in [1.54, 1.807) is 42.5 Å². The Balaban J connectivity index is 1.64. The minimum Gasteiger partial charge on any atom is -0.484 e. The summed E-state index contributed by atoms with van der Waals surface area (Å²) >= 11 is 19.4. The van der Waals surface area contributed by atoms with E-state index < -0.39 is 0 Å². The van der Waals surface area contributed by atoms with Gasteiger partial charge >= 0.3 is 0 Å². The third kappa shape index (κ3) is 6.17. The summed E-state index contributed by atoms with van der Waals surface area (Å²) in [7, 11) is 0. The lowest BCUT2D eigenvalue weighted by molar-refractivity contribution is -0.113. The van der Waals surface area contributed by atoms with Crippen molar-refractivity contribution in [2.75, 3.05) is 11.1 Å². The van der Waals surface area contributed by atoms with Crippen molar-refractivity contribution in [1.29, 1.82) is 0 Å². The van der Waals surface area contributed by atoms with Crippen LogP contribution in [0.15, 0.2) is 54.2 Å². The molecule has 0 saturated carbocycles. The fourth-order valence-corrected chi connectivity index (χ4v) is 4.04. The van der Waals surface area contributed by atoms with Gasteiger partial charge in [0.15, 0.2) is 11.0 Å². The van der Waals surface area contributed by atoms with Crippen molar-refractivity contribution in [3.63, 3.8) is 0 Å². The van der Waals surface area contributed by atoms with Gasteiger partial charge in [0.05, 0.1) is 10.8 Å². The summed E-state index contributed by atoms with van der Waals surface area (Å²) in [5.74, 6) is 1.06. The number of rotatable bonds is 9. The van der Waals surface area contributed by atoms with E-state index >= 15 is 0 Å². The average Bonchev–Trinajstić information content (AvgIpc) is 3.11. The molecular weight excluding hydrogens is 479 g/mol. The van der Waals surface area contributed by atoms with Crippen LogP contribution in [0.4, 0.5) is 5.69 Å². The van der Waals surface area contributed by atoms with E-state index in [4.69, 9.17) is 39.5 Å². The van der Waals surface area contributed by atoms with Crippen molar-refractivity contribution in [3.05, 3.63) is 75.5 Å². The molecule has 0 bridgehead atoms. The van der Waals surface area contributed by atoms with E-state index in [0.717, 1.165) is 5.56 Å². The van der Waals surface area contributed by atoms with Gasteiger partial charge in [0.1, 0.15) is 12.4 Å². The van der Waals surface area contributed by atoms with Crippen LogP contribution in [0.1, 0.15) is 11.4 Å². The van der Waals surface area contributed by atoms with E-state index in [1.165, 1.54) is 11.8 Å². The number of benzene rings is 2. The van der Waals surface area contributed by atoms with Crippen molar-refractivity contribution < 1.29 is 9.53 Å². The van der Waals surface area contributed by atoms with E-state index in [-0.39, 0.29) is 18.3 Å². The molecule has 0 fully saturated rings. The van der Waals surface area contributed by atoms with Crippen LogP contribution >= 0.6 is 46.6 Å². The molecule has 1 heterocycles. The molecule has 0 radical (unpaired) electrons. The van der Waals surface area contributed by atoms with Crippen LogP contribution in [0.25, 0.3) is 0 Å². The summed E-state index contributed by atoms with van der Waals surface area (Å²) < 4.78 is 7.59. The van der Waals surface area contributed by atoms with Gasteiger partial charge in [-0.25, -0.2) is 0 Å². The van der Waals surface area contributed by atoms with Gasteiger partial charge in [0.25, 0.3) is 0 Å². The predicted molar refractivity (Wildman–Crippen MR) is 127 cm³/mol. The number of amides is 1. The number of ether oxygens (including phenoxy) is 1. The molecule has 162 valence electrons. The van der Waals surface area contributed by atoms with Gasteiger partial charge in [0.2, 0.25) is 5.91 Å². The number of allylic oxidation sites excluding steroid dienone is 1. The van der Waals surface area contributed by atoms with E-state index in [9.17, 15) is 4.79 Å². The molecule has 0 aliphatic carbocycles. The molecule has 31 heavy (non-hydrogen) atoms. The smallest absolute Gasteiger partial charge is 0.234 e. The number of anilines is 1. The van der Waals surface area contributed by atoms with Gasteiger partial charge in [-0.05, 0) is 42.8 Å². The monoisotopic (exact) mass is 496 g/mol. The lowest BCUT2D eigenvalue weighted by Crippen LogP contribution is -2.15. The van der Waals surface area contributed by atoms with E-state index in [2.05, 4.69) is 22.1 Å². The molecular formula is C21H19Cl3N4O2S. The average molecular weight is 498 g/mol. The summed E-state index contributed by atoms with van der Waals surface area (Å²) in [6.07, 6.45) is 1.72. The van der Waals surface area contributed by atoms with Crippen molar-refractivity contribution in [2.45, 2.75) is 25.2 Å². The maximum Gasteiger partial charge on any atom is 0.234 e. The quantitative estimate of drug-likeness (QED) is 0.288. The number of thioether (sulfide) groups is 1. The zero-order chi connectivity index (χ0) is 22.4. The zero-order valence-electron chi connectivity index (χ0n) is 16.6. The van der Waals surface area contributed by atoms with Gasteiger partial charge in [-0.3, -0.25) is 9.36 Å². The predicted octanol–water partition coefficient (Wildman–Crippen LogP) is 6.04. The van der Waals surface area contributed by atoms with Gasteiger partial charge in [-0.15, -0.1) is 16.8 Å². The number of carbonyl (C=O) groups is 1. The molecule has 1 amide bonds. The number of hydrogen-bond acceptors (Lipinski definition) is 5. The fourth-order valence-electron chi connectivity index (χ4n) is 2.64. The normalized spacial score (nSPS) is 10.7. The Morgan fingerprint density at radius 3 is 2.77 bits per heavy atom. The fraction of sp³-hybridized carbons (Fsp3) is 0.190. The van der Waals surface area contributed by atoms with Crippen molar-refractivity contribution >= 4 is 58.2 Å². The highest BCUT2D eigenvalue weighted by atomic mass is 35.5. The molecule has 3 aromatic rings. The first-order valence-corrected chi connectivity index (χ1v) is 11.3. The molecule has 0 saturated heterocycles. The molecule has 0 aliphatic heterocycles. The minimum absolute atomic E-state index is 0.149. The first-order valence-electron chi connectivity index (χ1n) is 9.17. The van der Waals surface area contributed by atoms with Crippen LogP contribution < -0.4 is 10.1 Å². The summed E-state index contributed by atoms with van der Waals surface area (Å²) in [4.78, 5) is 12.4. The zero-order valence-corrected chi connectivity index (χ0v) is 19.7. The van der Waals surface area contributed by atoms with Gasteiger partial charge in [-0.1, -0.05) is 58.7 Å². The standard InChI is InChI=1S/C21H19Cl3N4O2S/c1-3-9-28-19(11-30-18-8-7-14(22)10-16(18)24)26-27-21(28)31-12-20(29)25-17-6-4-5-15(23)13(17)2/h3-8,10H,1,9,11-12H2,2H3,(H,25,29). The minimum atomic E-state index is -0.172. The maximum absolute atomic E-state index is 12.4.